The number of carbonyl (C=O) groups is 1. The quantitative estimate of drug-likeness (QED) is 0.604. The Balaban J connectivity index is 2.03. The summed E-state index contributed by atoms with van der Waals surface area (Å²) in [5, 5.41) is 0.194. The van der Waals surface area contributed by atoms with Gasteiger partial charge in [-0.2, -0.15) is 0 Å². The van der Waals surface area contributed by atoms with E-state index >= 15 is 0 Å². The second-order valence-corrected chi connectivity index (χ2v) is 5.50. The van der Waals surface area contributed by atoms with Crippen LogP contribution in [0, 0.1) is 0 Å². The van der Waals surface area contributed by atoms with Gasteiger partial charge in [-0.05, 0) is 18.4 Å². The Morgan fingerprint density at radius 2 is 2.06 bits per heavy atom. The lowest BCUT2D eigenvalue weighted by molar-refractivity contribution is -0.128. The zero-order chi connectivity index (χ0) is 12.1. The van der Waals surface area contributed by atoms with Gasteiger partial charge in [-0.25, -0.2) is 0 Å². The van der Waals surface area contributed by atoms with Crippen molar-refractivity contribution in [2.24, 2.45) is 0 Å². The first-order valence-corrected chi connectivity index (χ1v) is 7.43. The van der Waals surface area contributed by atoms with Crippen LogP contribution >= 0.6 is 23.4 Å². The van der Waals surface area contributed by atoms with Gasteiger partial charge < -0.3 is 4.90 Å². The summed E-state index contributed by atoms with van der Waals surface area (Å²) in [5.41, 5.74) is 1.22. The second-order valence-electron chi connectivity index (χ2n) is 4.06. The Morgan fingerprint density at radius 3 is 2.76 bits per heavy atom. The molecule has 1 aliphatic heterocycles. The molecule has 17 heavy (non-hydrogen) atoms. The van der Waals surface area contributed by atoms with Gasteiger partial charge >= 0.3 is 0 Å². The predicted octanol–water partition coefficient (Wildman–Crippen LogP) is 3.28. The van der Waals surface area contributed by atoms with E-state index in [1.807, 2.05) is 23.1 Å². The van der Waals surface area contributed by atoms with Crippen LogP contribution in [-0.4, -0.2) is 29.0 Å². The fourth-order valence-corrected chi connectivity index (χ4v) is 3.37. The number of amides is 1. The minimum Gasteiger partial charge on any atom is -0.326 e. The van der Waals surface area contributed by atoms with Crippen molar-refractivity contribution in [3.05, 3.63) is 35.9 Å². The van der Waals surface area contributed by atoms with Crippen LogP contribution in [0.1, 0.15) is 23.8 Å². The van der Waals surface area contributed by atoms with E-state index in [0.717, 1.165) is 19.4 Å². The molecule has 0 aromatic heterocycles. The molecule has 1 unspecified atom stereocenters. The minimum absolute atomic E-state index is 0.194. The number of carbonyl (C=O) groups excluding carboxylic acids is 1. The Bertz CT molecular complexity index is 371. The van der Waals surface area contributed by atoms with E-state index in [0.29, 0.717) is 11.6 Å². The fraction of sp³-hybridized carbons (Fsp3) is 0.462. The van der Waals surface area contributed by atoms with E-state index in [1.165, 1.54) is 5.56 Å². The molecule has 1 heterocycles. The van der Waals surface area contributed by atoms with Crippen molar-refractivity contribution in [3.8, 4) is 0 Å². The summed E-state index contributed by atoms with van der Waals surface area (Å²) in [6, 6.07) is 10.2. The summed E-state index contributed by atoms with van der Waals surface area (Å²) < 4.78 is 0. The van der Waals surface area contributed by atoms with Gasteiger partial charge in [0.25, 0.3) is 0 Å². The highest BCUT2D eigenvalue weighted by atomic mass is 35.5. The Morgan fingerprint density at radius 1 is 1.29 bits per heavy atom. The summed E-state index contributed by atoms with van der Waals surface area (Å²) in [4.78, 5) is 13.8. The van der Waals surface area contributed by atoms with Crippen LogP contribution in [-0.2, 0) is 4.79 Å². The average molecular weight is 270 g/mol. The highest BCUT2D eigenvalue weighted by Gasteiger charge is 2.31. The van der Waals surface area contributed by atoms with E-state index in [-0.39, 0.29) is 11.3 Å². The Kier molecular flexibility index (Phi) is 4.75. The number of hydrogen-bond acceptors (Lipinski definition) is 2. The molecule has 4 heteroatoms. The molecule has 0 radical (unpaired) electrons. The molecule has 1 aromatic rings. The van der Waals surface area contributed by atoms with Crippen LogP contribution < -0.4 is 0 Å². The molecule has 1 fully saturated rings. The molecule has 0 saturated carbocycles. The van der Waals surface area contributed by atoms with Crippen molar-refractivity contribution in [3.63, 3.8) is 0 Å². The molecule has 1 aromatic carbocycles. The number of halogens is 1. The van der Waals surface area contributed by atoms with E-state index in [2.05, 4.69) is 12.1 Å². The molecule has 2 rings (SSSR count). The zero-order valence-corrected chi connectivity index (χ0v) is 11.2. The van der Waals surface area contributed by atoms with Crippen molar-refractivity contribution in [1.29, 1.82) is 0 Å². The van der Waals surface area contributed by atoms with Gasteiger partial charge in [0, 0.05) is 12.4 Å². The number of thioether (sulfide) groups is 1. The molecule has 1 atom stereocenters. The molecule has 0 aliphatic carbocycles. The normalized spacial score (nSPS) is 19.9. The number of rotatable bonds is 5. The van der Waals surface area contributed by atoms with E-state index in [9.17, 15) is 4.79 Å². The number of alkyl halides is 1. The van der Waals surface area contributed by atoms with Crippen LogP contribution in [0.15, 0.2) is 30.3 Å². The van der Waals surface area contributed by atoms with Crippen LogP contribution in [0.25, 0.3) is 0 Å². The Labute approximate surface area is 111 Å². The van der Waals surface area contributed by atoms with Crippen molar-refractivity contribution in [2.45, 2.75) is 18.2 Å². The highest BCUT2D eigenvalue weighted by molar-refractivity contribution is 8.00. The van der Waals surface area contributed by atoms with Crippen LogP contribution in [0.4, 0.5) is 0 Å². The summed E-state index contributed by atoms with van der Waals surface area (Å²) in [5.74, 6) is 1.52. The monoisotopic (exact) mass is 269 g/mol. The van der Waals surface area contributed by atoms with Gasteiger partial charge in [0.05, 0.1) is 5.75 Å². The molecule has 0 bridgehead atoms. The van der Waals surface area contributed by atoms with Crippen LogP contribution in [0.2, 0.25) is 0 Å². The third-order valence-electron chi connectivity index (χ3n) is 2.84. The predicted molar refractivity (Wildman–Crippen MR) is 73.3 cm³/mol. The van der Waals surface area contributed by atoms with Gasteiger partial charge in [-0.15, -0.1) is 23.4 Å². The summed E-state index contributed by atoms with van der Waals surface area (Å²) in [6.45, 7) is 0.818. The van der Waals surface area contributed by atoms with E-state index < -0.39 is 0 Å². The molecular formula is C13H16ClNOS. The lowest BCUT2D eigenvalue weighted by Crippen LogP contribution is -2.29. The third-order valence-corrected chi connectivity index (χ3v) is 4.36. The summed E-state index contributed by atoms with van der Waals surface area (Å²) >= 11 is 7.38. The molecule has 92 valence electrons. The maximum absolute atomic E-state index is 11.8. The summed E-state index contributed by atoms with van der Waals surface area (Å²) in [6.07, 6.45) is 1.96. The number of unbranched alkanes of at least 4 members (excludes halogenated alkanes) is 1. The fourth-order valence-electron chi connectivity index (χ4n) is 1.97. The Hall–Kier alpha value is -0.670. The molecular weight excluding hydrogens is 254 g/mol. The van der Waals surface area contributed by atoms with Crippen LogP contribution in [0.3, 0.4) is 0 Å². The molecule has 0 N–H and O–H groups in total. The highest BCUT2D eigenvalue weighted by Crippen LogP contribution is 2.38. The summed E-state index contributed by atoms with van der Waals surface area (Å²) in [7, 11) is 0. The van der Waals surface area contributed by atoms with E-state index in [1.54, 1.807) is 11.8 Å². The minimum atomic E-state index is 0.194. The topological polar surface area (TPSA) is 20.3 Å². The third kappa shape index (κ3) is 3.17. The lowest BCUT2D eigenvalue weighted by Gasteiger charge is -2.24. The van der Waals surface area contributed by atoms with Gasteiger partial charge in [0.2, 0.25) is 5.91 Å². The standard InChI is InChI=1S/C13H16ClNOS/c14-8-4-5-9-15-12(16)10-17-13(15)11-6-2-1-3-7-11/h1-3,6-7,13H,4-5,8-10H2. The zero-order valence-electron chi connectivity index (χ0n) is 9.64. The van der Waals surface area contributed by atoms with E-state index in [4.69, 9.17) is 11.6 Å². The van der Waals surface area contributed by atoms with Crippen molar-refractivity contribution in [1.82, 2.24) is 4.90 Å². The number of nitrogens with zero attached hydrogens (tertiary/aromatic N) is 1. The number of hydrogen-bond donors (Lipinski definition) is 0. The molecule has 2 nitrogen and oxygen atoms in total. The first kappa shape index (κ1) is 12.8. The average Bonchev–Trinajstić information content (AvgIpc) is 2.73. The lowest BCUT2D eigenvalue weighted by atomic mass is 10.2. The second kappa shape index (κ2) is 6.31. The van der Waals surface area contributed by atoms with Gasteiger partial charge in [0.1, 0.15) is 5.37 Å². The maximum Gasteiger partial charge on any atom is 0.233 e. The smallest absolute Gasteiger partial charge is 0.233 e. The van der Waals surface area contributed by atoms with Crippen molar-refractivity contribution < 1.29 is 4.79 Å². The first-order chi connectivity index (χ1) is 8.33. The largest absolute Gasteiger partial charge is 0.326 e. The van der Waals surface area contributed by atoms with Gasteiger partial charge in [-0.3, -0.25) is 4.79 Å². The first-order valence-electron chi connectivity index (χ1n) is 5.85. The number of benzene rings is 1. The van der Waals surface area contributed by atoms with Crippen molar-refractivity contribution in [2.75, 3.05) is 18.2 Å². The molecule has 1 saturated heterocycles. The van der Waals surface area contributed by atoms with Gasteiger partial charge in [0.15, 0.2) is 0 Å². The van der Waals surface area contributed by atoms with Crippen LogP contribution in [0.5, 0.6) is 0 Å². The van der Waals surface area contributed by atoms with Crippen molar-refractivity contribution >= 4 is 29.3 Å². The maximum atomic E-state index is 11.8. The van der Waals surface area contributed by atoms with Gasteiger partial charge in [-0.1, -0.05) is 30.3 Å². The molecule has 1 aliphatic rings. The molecule has 0 spiro atoms. The molecule has 1 amide bonds. The SMILES string of the molecule is O=C1CSC(c2ccccc2)N1CCCCCl.